The number of esters is 1. The maximum atomic E-state index is 13.3. The molecule has 2 atom stereocenters. The number of furan rings is 1. The van der Waals surface area contributed by atoms with Crippen molar-refractivity contribution < 1.29 is 45.3 Å². The Balaban J connectivity index is 0.00000261. The van der Waals surface area contributed by atoms with Gasteiger partial charge in [-0.05, 0) is 12.1 Å². The summed E-state index contributed by atoms with van der Waals surface area (Å²) in [6.07, 6.45) is 2.13. The summed E-state index contributed by atoms with van der Waals surface area (Å²) >= 11 is 0. The molecule has 27 heavy (non-hydrogen) atoms. The third-order valence-corrected chi connectivity index (χ3v) is 4.77. The van der Waals surface area contributed by atoms with Crippen LogP contribution in [0.5, 0.6) is 0 Å². The van der Waals surface area contributed by atoms with Gasteiger partial charge in [-0.1, -0.05) is 30.3 Å². The number of ether oxygens (including phenoxy) is 2. The molecule has 2 heterocycles. The van der Waals surface area contributed by atoms with Crippen molar-refractivity contribution in [2.45, 2.75) is 18.1 Å². The van der Waals surface area contributed by atoms with E-state index in [1.165, 1.54) is 6.26 Å². The molecule has 1 aromatic heterocycles. The van der Waals surface area contributed by atoms with Gasteiger partial charge in [0, 0.05) is 12.0 Å². The smallest absolute Gasteiger partial charge is 0.351 e. The first-order valence-electron chi connectivity index (χ1n) is 8.85. The van der Waals surface area contributed by atoms with Gasteiger partial charge in [-0.15, -0.1) is 0 Å². The van der Waals surface area contributed by atoms with Crippen LogP contribution in [0, 0.1) is 0 Å². The quantitative estimate of drug-likeness (QED) is 0.439. The summed E-state index contributed by atoms with van der Waals surface area (Å²) in [5.41, 5.74) is -0.923. The van der Waals surface area contributed by atoms with Crippen LogP contribution in [0.25, 0.3) is 0 Å². The fraction of sp³-hybridized carbons (Fsp3) is 0.450. The summed E-state index contributed by atoms with van der Waals surface area (Å²) in [6, 6.07) is 12.5. The first-order chi connectivity index (χ1) is 12.5. The van der Waals surface area contributed by atoms with Gasteiger partial charge in [0.1, 0.15) is 6.54 Å². The molecule has 0 aliphatic carbocycles. The third kappa shape index (κ3) is 4.60. The molecule has 1 saturated heterocycles. The maximum Gasteiger partial charge on any atom is 0.351 e. The van der Waals surface area contributed by atoms with Gasteiger partial charge in [-0.25, -0.2) is 4.79 Å². The molecule has 0 amide bonds. The molecule has 0 spiro atoms. The fourth-order valence-electron chi connectivity index (χ4n) is 3.48. The van der Waals surface area contributed by atoms with E-state index in [0.29, 0.717) is 11.3 Å². The standard InChI is InChI=1S/C20H26NO5.BrH/c1-21(2)11-10-17(15-21)26-19(23)20(25-14-12-22,18-9-6-13-24-18)16-7-4-3-5-8-16;/h3-9,13,17,22H,10-12,14-15H2,1-2H3;1H/q+1;/p-1. The normalized spacial score (nSPS) is 20.5. The zero-order valence-electron chi connectivity index (χ0n) is 15.6. The van der Waals surface area contributed by atoms with Gasteiger partial charge in [0.2, 0.25) is 5.60 Å². The van der Waals surface area contributed by atoms with Gasteiger partial charge in [-0.2, -0.15) is 0 Å². The third-order valence-electron chi connectivity index (χ3n) is 4.77. The van der Waals surface area contributed by atoms with Crippen molar-refractivity contribution in [3.8, 4) is 0 Å². The molecule has 7 heteroatoms. The molecule has 0 radical (unpaired) electrons. The van der Waals surface area contributed by atoms with E-state index >= 15 is 0 Å². The molecule has 6 nitrogen and oxygen atoms in total. The molecule has 1 aromatic carbocycles. The van der Waals surface area contributed by atoms with Crippen molar-refractivity contribution in [1.29, 1.82) is 0 Å². The molecular weight excluding hydrogens is 414 g/mol. The highest BCUT2D eigenvalue weighted by Gasteiger charge is 2.49. The molecule has 2 aromatic rings. The van der Waals surface area contributed by atoms with Crippen LogP contribution in [-0.2, 0) is 19.9 Å². The molecule has 1 aliphatic heterocycles. The van der Waals surface area contributed by atoms with Crippen LogP contribution in [0.1, 0.15) is 17.7 Å². The minimum atomic E-state index is -1.53. The second-order valence-electron chi connectivity index (χ2n) is 7.25. The number of quaternary nitrogens is 1. The number of benzene rings is 1. The SMILES string of the molecule is C[N+]1(C)CCC(OC(=O)C(OCCO)(c2ccccc2)c2ccco2)C1.[Br-]. The Bertz CT molecular complexity index is 719. The topological polar surface area (TPSA) is 68.9 Å². The summed E-state index contributed by atoms with van der Waals surface area (Å²) in [4.78, 5) is 13.3. The number of aliphatic hydroxyl groups excluding tert-OH is 1. The number of rotatable bonds is 7. The number of nitrogens with zero attached hydrogens (tertiary/aromatic N) is 1. The van der Waals surface area contributed by atoms with Gasteiger partial charge < -0.3 is 40.5 Å². The largest absolute Gasteiger partial charge is 1.00 e. The van der Waals surface area contributed by atoms with E-state index in [1.54, 1.807) is 24.3 Å². The van der Waals surface area contributed by atoms with Crippen molar-refractivity contribution in [3.05, 3.63) is 60.1 Å². The zero-order chi connectivity index (χ0) is 18.6. The molecule has 148 valence electrons. The molecule has 1 N–H and O–H groups in total. The fourth-order valence-corrected chi connectivity index (χ4v) is 3.48. The molecule has 0 bridgehead atoms. The van der Waals surface area contributed by atoms with Crippen molar-refractivity contribution in [3.63, 3.8) is 0 Å². The van der Waals surface area contributed by atoms with Crippen LogP contribution in [0.2, 0.25) is 0 Å². The highest BCUT2D eigenvalue weighted by atomic mass is 79.9. The molecule has 2 unspecified atom stereocenters. The lowest BCUT2D eigenvalue weighted by molar-refractivity contribution is -0.879. The van der Waals surface area contributed by atoms with Gasteiger partial charge in [0.05, 0.1) is 40.1 Å². The van der Waals surface area contributed by atoms with E-state index in [9.17, 15) is 9.90 Å². The zero-order valence-corrected chi connectivity index (χ0v) is 17.2. The van der Waals surface area contributed by atoms with E-state index in [2.05, 4.69) is 14.1 Å². The number of likely N-dealkylation sites (N-methyl/N-ethyl adjacent to an activating group) is 1. The molecular formula is C20H26BrNO5. The van der Waals surface area contributed by atoms with Gasteiger partial charge in [0.15, 0.2) is 11.9 Å². The Hall–Kier alpha value is -1.67. The Kier molecular flexibility index (Phi) is 7.22. The van der Waals surface area contributed by atoms with E-state index in [0.717, 1.165) is 24.0 Å². The summed E-state index contributed by atoms with van der Waals surface area (Å²) in [5.74, 6) is -0.173. The lowest BCUT2D eigenvalue weighted by Crippen LogP contribution is -3.00. The predicted octanol–water partition coefficient (Wildman–Crippen LogP) is -1.07. The first-order valence-corrected chi connectivity index (χ1v) is 8.85. The second-order valence-corrected chi connectivity index (χ2v) is 7.25. The number of aliphatic hydroxyl groups is 1. The Morgan fingerprint density at radius 1 is 1.26 bits per heavy atom. The van der Waals surface area contributed by atoms with Gasteiger partial charge >= 0.3 is 5.97 Å². The maximum absolute atomic E-state index is 13.3. The number of likely N-dealkylation sites (tertiary alicyclic amines) is 1. The average Bonchev–Trinajstić information content (AvgIpc) is 3.27. The molecule has 1 fully saturated rings. The van der Waals surface area contributed by atoms with E-state index < -0.39 is 11.6 Å². The van der Waals surface area contributed by atoms with E-state index in [1.807, 2.05) is 18.2 Å². The molecule has 3 rings (SSSR count). The van der Waals surface area contributed by atoms with Gasteiger partial charge in [0.25, 0.3) is 0 Å². The summed E-state index contributed by atoms with van der Waals surface area (Å²) in [6.45, 7) is 1.48. The van der Waals surface area contributed by atoms with E-state index in [-0.39, 0.29) is 36.3 Å². The van der Waals surface area contributed by atoms with Crippen molar-refractivity contribution >= 4 is 5.97 Å². The number of hydrogen-bond donors (Lipinski definition) is 1. The number of halogens is 1. The summed E-state index contributed by atoms with van der Waals surface area (Å²) in [7, 11) is 4.24. The van der Waals surface area contributed by atoms with Gasteiger partial charge in [-0.3, -0.25) is 0 Å². The van der Waals surface area contributed by atoms with Crippen LogP contribution in [0.15, 0.2) is 53.1 Å². The van der Waals surface area contributed by atoms with Crippen molar-refractivity contribution in [2.75, 3.05) is 40.4 Å². The van der Waals surface area contributed by atoms with E-state index in [4.69, 9.17) is 13.9 Å². The number of carbonyl (C=O) groups excluding carboxylic acids is 1. The Morgan fingerprint density at radius 3 is 2.56 bits per heavy atom. The predicted molar refractivity (Wildman–Crippen MR) is 95.3 cm³/mol. The van der Waals surface area contributed by atoms with Crippen LogP contribution in [-0.4, -0.2) is 62.1 Å². The monoisotopic (exact) mass is 439 g/mol. The Morgan fingerprint density at radius 2 is 2.00 bits per heavy atom. The highest BCUT2D eigenvalue weighted by Crippen LogP contribution is 2.36. The lowest BCUT2D eigenvalue weighted by Gasteiger charge is -2.31. The van der Waals surface area contributed by atoms with Crippen LogP contribution in [0.4, 0.5) is 0 Å². The Labute approximate surface area is 170 Å². The highest BCUT2D eigenvalue weighted by molar-refractivity contribution is 5.85. The molecule has 1 aliphatic rings. The molecule has 0 saturated carbocycles. The van der Waals surface area contributed by atoms with Crippen LogP contribution >= 0.6 is 0 Å². The van der Waals surface area contributed by atoms with Crippen LogP contribution in [0.3, 0.4) is 0 Å². The minimum Gasteiger partial charge on any atom is -1.00 e. The minimum absolute atomic E-state index is 0. The average molecular weight is 440 g/mol. The van der Waals surface area contributed by atoms with Crippen molar-refractivity contribution in [1.82, 2.24) is 0 Å². The summed E-state index contributed by atoms with van der Waals surface area (Å²) < 4.78 is 18.2. The van der Waals surface area contributed by atoms with Crippen LogP contribution < -0.4 is 17.0 Å². The van der Waals surface area contributed by atoms with Crippen molar-refractivity contribution in [2.24, 2.45) is 0 Å². The number of carbonyl (C=O) groups is 1. The summed E-state index contributed by atoms with van der Waals surface area (Å²) in [5, 5.41) is 9.30. The second kappa shape index (κ2) is 9.01. The number of hydrogen-bond acceptors (Lipinski definition) is 5. The first kappa shape index (κ1) is 21.6. The lowest BCUT2D eigenvalue weighted by atomic mass is 9.90.